The highest BCUT2D eigenvalue weighted by Gasteiger charge is 2.19. The van der Waals surface area contributed by atoms with Crippen LogP contribution in [0, 0.1) is 5.92 Å². The number of carbonyl (C=O) groups is 2. The third-order valence-electron chi connectivity index (χ3n) is 3.04. The van der Waals surface area contributed by atoms with E-state index in [1.165, 1.54) is 0 Å². The van der Waals surface area contributed by atoms with Crippen molar-refractivity contribution in [2.75, 3.05) is 19.6 Å². The first-order chi connectivity index (χ1) is 8.11. The fraction of sp³-hybridized carbons (Fsp3) is 0.818. The van der Waals surface area contributed by atoms with Crippen LogP contribution in [-0.2, 0) is 9.59 Å². The van der Waals surface area contributed by atoms with Gasteiger partial charge in [0.05, 0.1) is 19.2 Å². The Morgan fingerprint density at radius 2 is 1.76 bits per heavy atom. The lowest BCUT2D eigenvalue weighted by Gasteiger charge is -2.25. The molecular weight excluding hydrogens is 222 g/mol. The average molecular weight is 243 g/mol. The average Bonchev–Trinajstić information content (AvgIpc) is 2.35. The summed E-state index contributed by atoms with van der Waals surface area (Å²) in [5.74, 6) is -0.0913. The normalized spacial score (nSPS) is 24.1. The van der Waals surface area contributed by atoms with E-state index in [2.05, 4.69) is 10.6 Å². The van der Waals surface area contributed by atoms with Crippen molar-refractivity contribution in [1.29, 1.82) is 0 Å². The Bertz CT molecular complexity index is 263. The monoisotopic (exact) mass is 243 g/mol. The van der Waals surface area contributed by atoms with E-state index in [-0.39, 0.29) is 31.0 Å². The molecule has 2 amide bonds. The van der Waals surface area contributed by atoms with E-state index < -0.39 is 0 Å². The van der Waals surface area contributed by atoms with Crippen molar-refractivity contribution >= 4 is 11.8 Å². The predicted octanol–water partition coefficient (Wildman–Crippen LogP) is -1.27. The fourth-order valence-corrected chi connectivity index (χ4v) is 1.92. The lowest BCUT2D eigenvalue weighted by atomic mass is 9.87. The molecule has 0 aliphatic heterocycles. The highest BCUT2D eigenvalue weighted by molar-refractivity contribution is 5.85. The van der Waals surface area contributed by atoms with E-state index in [0.29, 0.717) is 12.5 Å². The lowest BCUT2D eigenvalue weighted by Crippen LogP contribution is -2.41. The second-order valence-corrected chi connectivity index (χ2v) is 4.46. The number of amides is 2. The van der Waals surface area contributed by atoms with Crippen molar-refractivity contribution in [2.45, 2.75) is 31.8 Å². The maximum atomic E-state index is 11.4. The minimum atomic E-state index is -0.332. The molecule has 1 rings (SSSR count). The van der Waals surface area contributed by atoms with Crippen molar-refractivity contribution in [3.8, 4) is 0 Å². The quantitative estimate of drug-likeness (QED) is 0.483. The molecule has 6 nitrogen and oxygen atoms in total. The molecule has 0 radical (unpaired) electrons. The van der Waals surface area contributed by atoms with Crippen LogP contribution in [-0.4, -0.2) is 42.7 Å². The van der Waals surface area contributed by atoms with Gasteiger partial charge in [0.25, 0.3) is 0 Å². The highest BCUT2D eigenvalue weighted by atomic mass is 16.3. The molecule has 0 bridgehead atoms. The Labute approximate surface area is 101 Å². The largest absolute Gasteiger partial charge is 0.393 e. The van der Waals surface area contributed by atoms with Crippen LogP contribution in [0.2, 0.25) is 0 Å². The van der Waals surface area contributed by atoms with Crippen molar-refractivity contribution in [1.82, 2.24) is 10.6 Å². The van der Waals surface area contributed by atoms with E-state index in [9.17, 15) is 14.7 Å². The van der Waals surface area contributed by atoms with Crippen LogP contribution < -0.4 is 16.4 Å². The number of rotatable bonds is 5. The zero-order valence-corrected chi connectivity index (χ0v) is 9.95. The Morgan fingerprint density at radius 3 is 2.35 bits per heavy atom. The van der Waals surface area contributed by atoms with Crippen molar-refractivity contribution in [3.63, 3.8) is 0 Å². The molecule has 0 spiro atoms. The molecule has 1 fully saturated rings. The molecule has 0 unspecified atom stereocenters. The molecule has 1 aliphatic rings. The minimum Gasteiger partial charge on any atom is -0.393 e. The number of carbonyl (C=O) groups excluding carboxylic acids is 2. The van der Waals surface area contributed by atoms with Crippen molar-refractivity contribution in [3.05, 3.63) is 0 Å². The molecular formula is C11H21N3O3. The molecule has 5 N–H and O–H groups in total. The summed E-state index contributed by atoms with van der Waals surface area (Å²) in [6.07, 6.45) is 3.33. The number of hydrogen-bond donors (Lipinski definition) is 4. The van der Waals surface area contributed by atoms with Crippen LogP contribution >= 0.6 is 0 Å². The first-order valence-electron chi connectivity index (χ1n) is 6.03. The van der Waals surface area contributed by atoms with Gasteiger partial charge in [-0.3, -0.25) is 9.59 Å². The van der Waals surface area contributed by atoms with Gasteiger partial charge in [-0.1, -0.05) is 0 Å². The summed E-state index contributed by atoms with van der Waals surface area (Å²) < 4.78 is 0. The van der Waals surface area contributed by atoms with E-state index in [0.717, 1.165) is 25.7 Å². The van der Waals surface area contributed by atoms with Gasteiger partial charge in [0.15, 0.2) is 0 Å². The standard InChI is InChI=1S/C11H21N3O3/c12-5-10(16)14-7-11(17)13-6-8-1-3-9(15)4-2-8/h8-9,15H,1-7,12H2,(H,13,17)(H,14,16). The minimum absolute atomic E-state index is 0.0224. The molecule has 1 aliphatic carbocycles. The Kier molecular flexibility index (Phi) is 5.93. The smallest absolute Gasteiger partial charge is 0.239 e. The molecule has 98 valence electrons. The summed E-state index contributed by atoms with van der Waals surface area (Å²) in [6, 6.07) is 0. The zero-order valence-electron chi connectivity index (χ0n) is 9.95. The van der Waals surface area contributed by atoms with Gasteiger partial charge in [0.2, 0.25) is 11.8 Å². The SMILES string of the molecule is NCC(=O)NCC(=O)NCC1CCC(O)CC1. The summed E-state index contributed by atoms with van der Waals surface area (Å²) in [5, 5.41) is 14.5. The predicted molar refractivity (Wildman–Crippen MR) is 63.0 cm³/mol. The van der Waals surface area contributed by atoms with E-state index in [1.807, 2.05) is 0 Å². The van der Waals surface area contributed by atoms with Crippen molar-refractivity contribution < 1.29 is 14.7 Å². The third kappa shape index (κ3) is 5.65. The lowest BCUT2D eigenvalue weighted by molar-refractivity contribution is -0.125. The number of hydrogen-bond acceptors (Lipinski definition) is 4. The van der Waals surface area contributed by atoms with Gasteiger partial charge in [-0.25, -0.2) is 0 Å². The van der Waals surface area contributed by atoms with Gasteiger partial charge in [0, 0.05) is 6.54 Å². The second-order valence-electron chi connectivity index (χ2n) is 4.46. The molecule has 0 saturated heterocycles. The number of nitrogens with one attached hydrogen (secondary N) is 2. The molecule has 0 atom stereocenters. The van der Waals surface area contributed by atoms with E-state index in [4.69, 9.17) is 5.73 Å². The molecule has 6 heteroatoms. The number of nitrogens with two attached hydrogens (primary N) is 1. The van der Waals surface area contributed by atoms with Gasteiger partial charge in [-0.2, -0.15) is 0 Å². The van der Waals surface area contributed by atoms with Crippen LogP contribution in [0.25, 0.3) is 0 Å². The fourth-order valence-electron chi connectivity index (χ4n) is 1.92. The van der Waals surface area contributed by atoms with Crippen molar-refractivity contribution in [2.24, 2.45) is 11.7 Å². The van der Waals surface area contributed by atoms with Crippen LogP contribution in [0.1, 0.15) is 25.7 Å². The first kappa shape index (κ1) is 13.9. The van der Waals surface area contributed by atoms with E-state index >= 15 is 0 Å². The zero-order chi connectivity index (χ0) is 12.7. The molecule has 0 heterocycles. The topological polar surface area (TPSA) is 104 Å². The van der Waals surface area contributed by atoms with Crippen LogP contribution in [0.3, 0.4) is 0 Å². The number of aliphatic hydroxyl groups excluding tert-OH is 1. The highest BCUT2D eigenvalue weighted by Crippen LogP contribution is 2.23. The maximum Gasteiger partial charge on any atom is 0.239 e. The molecule has 0 aromatic heterocycles. The summed E-state index contributed by atoms with van der Waals surface area (Å²) >= 11 is 0. The first-order valence-corrected chi connectivity index (χ1v) is 6.03. The second kappa shape index (κ2) is 7.24. The summed E-state index contributed by atoms with van der Waals surface area (Å²) in [6.45, 7) is 0.489. The van der Waals surface area contributed by atoms with Gasteiger partial charge in [-0.05, 0) is 31.6 Å². The summed E-state index contributed by atoms with van der Waals surface area (Å²) in [7, 11) is 0. The molecule has 1 saturated carbocycles. The molecule has 17 heavy (non-hydrogen) atoms. The molecule has 0 aromatic rings. The summed E-state index contributed by atoms with van der Waals surface area (Å²) in [5.41, 5.74) is 5.09. The van der Waals surface area contributed by atoms with Gasteiger partial charge >= 0.3 is 0 Å². The maximum absolute atomic E-state index is 11.4. The third-order valence-corrected chi connectivity index (χ3v) is 3.04. The Hall–Kier alpha value is -1.14. The molecule has 0 aromatic carbocycles. The van der Waals surface area contributed by atoms with Gasteiger partial charge in [-0.15, -0.1) is 0 Å². The Morgan fingerprint density at radius 1 is 1.12 bits per heavy atom. The van der Waals surface area contributed by atoms with E-state index in [1.54, 1.807) is 0 Å². The van der Waals surface area contributed by atoms with Gasteiger partial charge < -0.3 is 21.5 Å². The van der Waals surface area contributed by atoms with Crippen LogP contribution in [0.15, 0.2) is 0 Å². The van der Waals surface area contributed by atoms with Gasteiger partial charge in [0.1, 0.15) is 0 Å². The van der Waals surface area contributed by atoms with Crippen LogP contribution in [0.4, 0.5) is 0 Å². The summed E-state index contributed by atoms with van der Waals surface area (Å²) in [4.78, 5) is 22.2. The Balaban J connectivity index is 2.09. The van der Waals surface area contributed by atoms with Crippen LogP contribution in [0.5, 0.6) is 0 Å². The number of aliphatic hydroxyl groups is 1.